The van der Waals surface area contributed by atoms with Crippen molar-refractivity contribution < 1.29 is 0 Å². The summed E-state index contributed by atoms with van der Waals surface area (Å²) in [7, 11) is 19.0. The largest absolute Gasteiger partial charge is 0.368 e. The second-order valence-electron chi connectivity index (χ2n) is 39.6. The summed E-state index contributed by atoms with van der Waals surface area (Å²) in [5.74, 6) is 16.6. The van der Waals surface area contributed by atoms with Crippen LogP contribution in [0, 0.1) is 29.6 Å². The third-order valence-electron chi connectivity index (χ3n) is 27.3. The molecule has 0 aliphatic heterocycles. The molecule has 0 spiro atoms. The average Bonchev–Trinajstić information content (AvgIpc) is 1.72. The Bertz CT molecular complexity index is 5090. The highest BCUT2D eigenvalue weighted by Gasteiger charge is 2.24. The van der Waals surface area contributed by atoms with Gasteiger partial charge in [0.25, 0.3) is 0 Å². The molecule has 10 aromatic heterocycles. The molecule has 9 saturated carbocycles. The van der Waals surface area contributed by atoms with Crippen LogP contribution in [-0.4, -0.2) is 264 Å². The molecular formula is C94H172N50. The molecule has 50 heteroatoms. The smallest absolute Gasteiger partial charge is 0.248 e. The van der Waals surface area contributed by atoms with Crippen LogP contribution in [0.25, 0.3) is 0 Å². The monoisotopic (exact) mass is 2000 g/mol. The number of nitrogens with zero attached hydrogens (tertiary/aromatic N) is 25. The summed E-state index contributed by atoms with van der Waals surface area (Å²) in [5.41, 5.74) is 28.3. The lowest BCUT2D eigenvalue weighted by atomic mass is 9.89. The van der Waals surface area contributed by atoms with Crippen molar-refractivity contribution in [3.8, 4) is 0 Å². The van der Waals surface area contributed by atoms with Gasteiger partial charge in [0.1, 0.15) is 0 Å². The van der Waals surface area contributed by atoms with E-state index in [4.69, 9.17) is 28.7 Å². The Morgan fingerprint density at radius 1 is 0.278 bits per heavy atom. The van der Waals surface area contributed by atoms with E-state index in [9.17, 15) is 0 Å². The van der Waals surface area contributed by atoms with Crippen molar-refractivity contribution in [1.82, 2.24) is 151 Å². The van der Waals surface area contributed by atoms with E-state index in [2.05, 4.69) is 206 Å². The first kappa shape index (κ1) is 111. The van der Waals surface area contributed by atoms with E-state index in [1.54, 1.807) is 9.13 Å². The van der Waals surface area contributed by atoms with E-state index in [1.807, 2.05) is 116 Å². The lowest BCUT2D eigenvalue weighted by Gasteiger charge is -2.22. The van der Waals surface area contributed by atoms with Gasteiger partial charge in [-0.05, 0) is 157 Å². The minimum Gasteiger partial charge on any atom is -0.368 e. The highest BCUT2D eigenvalue weighted by molar-refractivity contribution is 5.53. The second kappa shape index (κ2) is 62.2. The van der Waals surface area contributed by atoms with Gasteiger partial charge in [0.15, 0.2) is 0 Å². The fourth-order valence-corrected chi connectivity index (χ4v) is 18.8. The van der Waals surface area contributed by atoms with E-state index < -0.39 is 0 Å². The van der Waals surface area contributed by atoms with Crippen molar-refractivity contribution in [2.45, 2.75) is 307 Å². The molecule has 9 aliphatic carbocycles. The summed E-state index contributed by atoms with van der Waals surface area (Å²) in [6.45, 7) is 5.01. The van der Waals surface area contributed by atoms with E-state index in [1.165, 1.54) is 283 Å². The van der Waals surface area contributed by atoms with Crippen molar-refractivity contribution in [2.75, 3.05) is 196 Å². The van der Waals surface area contributed by atoms with Crippen LogP contribution in [0.3, 0.4) is 0 Å². The van der Waals surface area contributed by atoms with Crippen molar-refractivity contribution in [3.63, 3.8) is 0 Å². The number of anilines is 21. The van der Waals surface area contributed by atoms with Gasteiger partial charge >= 0.3 is 0 Å². The maximum absolute atomic E-state index is 5.60. The zero-order valence-corrected chi connectivity index (χ0v) is 87.3. The molecule has 144 heavy (non-hydrogen) atoms. The van der Waals surface area contributed by atoms with Gasteiger partial charge in [0, 0.05) is 133 Å². The highest BCUT2D eigenvalue weighted by Crippen LogP contribution is 2.31. The van der Waals surface area contributed by atoms with Gasteiger partial charge in [-0.25, -0.2) is 40.8 Å². The molecule has 30 N–H and O–H groups in total. The van der Waals surface area contributed by atoms with Gasteiger partial charge in [-0.15, -0.1) is 61.2 Å². The summed E-state index contributed by atoms with van der Waals surface area (Å²) in [4.78, 5) is 39.0. The molecule has 9 fully saturated rings. The second-order valence-corrected chi connectivity index (χ2v) is 39.6. The third-order valence-corrected chi connectivity index (χ3v) is 27.3. The number of H-pyrrole nitrogens is 8. The lowest BCUT2D eigenvalue weighted by molar-refractivity contribution is 0.372. The van der Waals surface area contributed by atoms with Crippen LogP contribution in [0.1, 0.15) is 283 Å². The standard InChI is InChI=1S/C11H21N5.4C10H19N5.3C9H17N5.C8H15N5.C8H9N5/c1-16(2)11-13-10(14-15-11)12-8-9-6-4-3-5-7-9;1-15(2)10-12-9(13-14-10)11-7-8-5-3-4-6-8;1-15(2)10-12-9(13-14-10)11-8-6-4-3-5-7-8;1-15-9(11)13-14-10(15)12-7-8-5-3-2-4-6-8;1-11-9-13-10(15-14-9)12-7-8-5-3-2-4-6-8;1-14-8(10)12-13-9(14)11-7-5-3-2-4-6-7;1-10-8-12-9(14-13-8)11-7-5-3-2-4-6-7;10-8-12-9(14-13-8)11-6-7-4-2-1-3-5-7;2*9-7-11-8(13-12-7)10-6-4-2-1-3-5-6/h9H,3-8H2,1-2H3,(H2,12,13,14,15);2*8H,3-7H2,1-2H3,(H2,11,12,13,14);8H,2-7H2,1H3,(H2,11,13)(H,12,14);8H,2-7H2,1H3,(H3,11,12,13,14,15);7H,2-6H2,1H3,(H2,10,12)(H,11,13);7H,2-6H2,1H3,(H3,10,11,12,13,14);7H,1-6H2,(H4,10,11,12,13,14);6H,1-5H2,(H4,9,10,11,12,13);1-5H,(H4,9,10,11,12,13). The molecule has 50 nitrogen and oxygen atoms in total. The number of hydrogen-bond donors (Lipinski definition) is 25. The maximum atomic E-state index is 5.60. The number of benzene rings is 1. The number of rotatable bonds is 30. The fraction of sp³-hybridized carbons (Fsp3) is 0.723. The molecule has 10 heterocycles. The molecule has 0 unspecified atom stereocenters. The Kier molecular flexibility index (Phi) is 48.0. The van der Waals surface area contributed by atoms with Crippen LogP contribution in [0.15, 0.2) is 30.3 Å². The van der Waals surface area contributed by atoms with Gasteiger partial charge in [0.2, 0.25) is 119 Å². The number of nitrogens with two attached hydrogens (primary N) is 5. The summed E-state index contributed by atoms with van der Waals surface area (Å²) < 4.78 is 3.57. The SMILES string of the molecule is CN(C)c1n[nH]c(NC2CCCCC2)n1.CN(C)c1n[nH]c(NCC2CCCC2)n1.CN(C)c1n[nH]c(NCC2CCCCC2)n1.CNc1n[nH]c(NC2CCCCC2)n1.CNc1n[nH]c(NCC2CCCCC2)n1.Cn1c(N)nnc1NC1CCCCC1.Cn1c(N)nnc1NCC1CCCCC1.Nc1nc(NC2CCCCC2)n[nH]1.Nc1nc(NCC2CCCCC2)n[nH]1.Nc1nc(Nc2ccccc2)n[nH]1. The Hall–Kier alpha value is -13.4. The van der Waals surface area contributed by atoms with Gasteiger partial charge in [-0.1, -0.05) is 185 Å². The summed E-state index contributed by atoms with van der Waals surface area (Å²) in [6.07, 6.45) is 58.6. The van der Waals surface area contributed by atoms with Crippen molar-refractivity contribution in [3.05, 3.63) is 30.3 Å². The minimum atomic E-state index is 0.304. The normalized spacial score (nSPS) is 17.2. The molecular weight excluding hydrogens is 1830 g/mol. The molecule has 20 rings (SSSR count). The molecule has 11 aromatic rings. The first-order valence-electron chi connectivity index (χ1n) is 53.0. The predicted octanol–water partition coefficient (Wildman–Crippen LogP) is 14.6. The van der Waals surface area contributed by atoms with Crippen molar-refractivity contribution in [2.24, 2.45) is 43.7 Å². The Labute approximate surface area is 848 Å². The van der Waals surface area contributed by atoms with Gasteiger partial charge in [-0.3, -0.25) is 9.13 Å². The number of aromatic nitrogens is 30. The predicted molar refractivity (Wildman–Crippen MR) is 580 cm³/mol. The molecule has 0 bridgehead atoms. The van der Waals surface area contributed by atoms with Crippen LogP contribution < -0.4 is 107 Å². The van der Waals surface area contributed by atoms with Gasteiger partial charge < -0.3 is 107 Å². The molecule has 798 valence electrons. The topological polar surface area (TPSA) is 678 Å². The first-order valence-corrected chi connectivity index (χ1v) is 53.0. The van der Waals surface area contributed by atoms with Crippen LogP contribution in [0.2, 0.25) is 0 Å². The zero-order valence-electron chi connectivity index (χ0n) is 87.3. The van der Waals surface area contributed by atoms with Gasteiger partial charge in [-0.2, -0.15) is 39.9 Å². The summed E-state index contributed by atoms with van der Waals surface area (Å²) in [6, 6.07) is 11.9. The van der Waals surface area contributed by atoms with Crippen LogP contribution in [0.4, 0.5) is 125 Å². The van der Waals surface area contributed by atoms with E-state index >= 15 is 0 Å². The Morgan fingerprint density at radius 3 is 0.910 bits per heavy atom. The van der Waals surface area contributed by atoms with Crippen molar-refractivity contribution in [1.29, 1.82) is 0 Å². The molecule has 9 aliphatic rings. The Balaban J connectivity index is 0.000000153. The molecule has 1 aromatic carbocycles. The zero-order chi connectivity index (χ0) is 102. The minimum absolute atomic E-state index is 0.304. The highest BCUT2D eigenvalue weighted by atomic mass is 15.4. The number of para-hydroxylation sites is 1. The summed E-state index contributed by atoms with van der Waals surface area (Å²) >= 11 is 0. The lowest BCUT2D eigenvalue weighted by Crippen LogP contribution is -2.24. The average molecular weight is 2000 g/mol. The van der Waals surface area contributed by atoms with Crippen LogP contribution in [0.5, 0.6) is 0 Å². The maximum Gasteiger partial charge on any atom is 0.248 e. The molecule has 0 saturated heterocycles. The van der Waals surface area contributed by atoms with Gasteiger partial charge in [0.05, 0.1) is 0 Å². The molecule has 0 radical (unpaired) electrons. The van der Waals surface area contributed by atoms with Crippen LogP contribution in [-0.2, 0) is 14.1 Å². The van der Waals surface area contributed by atoms with E-state index in [0.29, 0.717) is 83.7 Å². The summed E-state index contributed by atoms with van der Waals surface area (Å²) in [5, 5.41) is 108. The molecule has 0 amide bonds. The van der Waals surface area contributed by atoms with Crippen molar-refractivity contribution >= 4 is 125 Å². The fourth-order valence-electron chi connectivity index (χ4n) is 18.8. The first-order chi connectivity index (χ1) is 70.1. The van der Waals surface area contributed by atoms with E-state index in [0.717, 1.165) is 127 Å². The third kappa shape index (κ3) is 41.5. The number of nitrogen functional groups attached to an aromatic ring is 5. The Morgan fingerprint density at radius 2 is 0.562 bits per heavy atom. The van der Waals surface area contributed by atoms with Crippen LogP contribution >= 0.6 is 0 Å². The number of aromatic amines is 8. The number of hydrogen-bond acceptors (Lipinski definition) is 40. The quantitative estimate of drug-likeness (QED) is 0.0199. The van der Waals surface area contributed by atoms with E-state index in [-0.39, 0.29) is 0 Å². The number of nitrogens with one attached hydrogen (secondary N) is 20. The molecule has 0 atom stereocenters.